The highest BCUT2D eigenvalue weighted by molar-refractivity contribution is 7.47. The van der Waals surface area contributed by atoms with E-state index in [-0.39, 0.29) is 19.3 Å². The first-order chi connectivity index (χ1) is 48.2. The van der Waals surface area contributed by atoms with Crippen LogP contribution in [0.25, 0.3) is 0 Å². The Morgan fingerprint density at radius 1 is 0.283 bits per heavy atom. The van der Waals surface area contributed by atoms with Crippen molar-refractivity contribution in [1.29, 1.82) is 0 Å². The molecular weight excluding hydrogens is 1290 g/mol. The Morgan fingerprint density at radius 2 is 0.505 bits per heavy atom. The van der Waals surface area contributed by atoms with E-state index < -0.39 is 91.5 Å². The lowest BCUT2D eigenvalue weighted by atomic mass is 10.0. The summed E-state index contributed by atoms with van der Waals surface area (Å²) in [7, 11) is -9.78. The summed E-state index contributed by atoms with van der Waals surface area (Å²) in [5.74, 6) is -1.57. The molecule has 0 saturated carbocycles. The highest BCUT2D eigenvalue weighted by Gasteiger charge is 2.29. The number of carbonyl (C=O) groups is 3. The van der Waals surface area contributed by atoms with Gasteiger partial charge in [-0.1, -0.05) is 318 Å². The number of rotatable bonds is 76. The van der Waals surface area contributed by atoms with Crippen molar-refractivity contribution < 1.29 is 75.8 Å². The summed E-state index contributed by atoms with van der Waals surface area (Å²) in [6.45, 7) is 2.66. The maximum absolute atomic E-state index is 13.0. The van der Waals surface area contributed by atoms with Crippen molar-refractivity contribution >= 4 is 33.6 Å². The zero-order valence-electron chi connectivity index (χ0n) is 62.9. The number of phosphoric ester groups is 2. The first-order valence-corrected chi connectivity index (χ1v) is 42.9. The van der Waals surface area contributed by atoms with Crippen molar-refractivity contribution in [3.63, 3.8) is 0 Å². The van der Waals surface area contributed by atoms with Crippen LogP contribution >= 0.6 is 15.6 Å². The molecule has 0 bridgehead atoms. The lowest BCUT2D eigenvalue weighted by Crippen LogP contribution is -2.30. The largest absolute Gasteiger partial charge is 0.472 e. The van der Waals surface area contributed by atoms with E-state index in [1.165, 1.54) is 167 Å². The molecule has 18 heteroatoms. The van der Waals surface area contributed by atoms with Crippen LogP contribution in [0.4, 0.5) is 0 Å². The van der Waals surface area contributed by atoms with Gasteiger partial charge in [-0.15, -0.1) is 0 Å². The molecule has 0 saturated heterocycles. The molecule has 576 valence electrons. The molecule has 99 heavy (non-hydrogen) atoms. The normalized spacial score (nSPS) is 14.5. The summed E-state index contributed by atoms with van der Waals surface area (Å²) in [6.07, 6.45) is 83.4. The number of aliphatic hydroxyl groups is 2. The number of hydrogen-bond donors (Lipinski definition) is 4. The quantitative estimate of drug-likeness (QED) is 0.0146. The number of hydrogen-bond acceptors (Lipinski definition) is 14. The third-order valence-electron chi connectivity index (χ3n) is 17.1. The molecule has 0 aliphatic heterocycles. The summed E-state index contributed by atoms with van der Waals surface area (Å²) in [5.41, 5.74) is 0. The summed E-state index contributed by atoms with van der Waals surface area (Å²) >= 11 is 0. The van der Waals surface area contributed by atoms with Crippen molar-refractivity contribution in [2.75, 3.05) is 39.6 Å². The van der Waals surface area contributed by atoms with Crippen LogP contribution in [0.3, 0.4) is 0 Å². The van der Waals surface area contributed by atoms with Gasteiger partial charge in [-0.25, -0.2) is 9.13 Å². The van der Waals surface area contributed by atoms with Gasteiger partial charge >= 0.3 is 33.6 Å². The SMILES string of the molecule is CCCCC/C=C\C/C=C\C/C=C\C/C=C\CCCCCCCCCCCCCCCC(=O)OCC(O)COP(=O)(O)OCC(O)COP(=O)(O)OCC(COC(=O)CCCCCCCC/C=C\C/C=C\C/C=C\CCCCC)OC(=O)CCCCCCCCCCCCCCCCC. The Morgan fingerprint density at radius 3 is 0.818 bits per heavy atom. The number of unbranched alkanes of at least 4 members (excludes halogenated alkanes) is 39. The second-order valence-electron chi connectivity index (χ2n) is 26.9. The minimum atomic E-state index is -4.93. The van der Waals surface area contributed by atoms with E-state index in [9.17, 15) is 43.5 Å². The fourth-order valence-corrected chi connectivity index (χ4v) is 12.6. The van der Waals surface area contributed by atoms with E-state index in [1.807, 2.05) is 0 Å². The molecule has 4 N–H and O–H groups in total. The van der Waals surface area contributed by atoms with Gasteiger partial charge in [0.15, 0.2) is 6.10 Å². The number of carbonyl (C=O) groups excluding carboxylic acids is 3. The molecule has 0 spiro atoms. The molecule has 0 aliphatic carbocycles. The Hall–Kier alpha value is -3.27. The molecule has 5 unspecified atom stereocenters. The summed E-state index contributed by atoms with van der Waals surface area (Å²) in [5, 5.41) is 20.6. The molecule has 0 aromatic heterocycles. The van der Waals surface area contributed by atoms with Crippen molar-refractivity contribution in [3.8, 4) is 0 Å². The Bertz CT molecular complexity index is 2140. The summed E-state index contributed by atoms with van der Waals surface area (Å²) in [4.78, 5) is 58.6. The van der Waals surface area contributed by atoms with Crippen LogP contribution in [0.5, 0.6) is 0 Å². The average Bonchev–Trinajstić information content (AvgIpc) is 1.73. The van der Waals surface area contributed by atoms with E-state index in [4.69, 9.17) is 32.3 Å². The first-order valence-electron chi connectivity index (χ1n) is 39.9. The van der Waals surface area contributed by atoms with Gasteiger partial charge in [-0.05, 0) is 103 Å². The fraction of sp³-hybridized carbons (Fsp3) is 0.790. The molecular formula is C81H146O16P2. The molecule has 16 nitrogen and oxygen atoms in total. The number of ether oxygens (including phenoxy) is 3. The van der Waals surface area contributed by atoms with Gasteiger partial charge in [-0.3, -0.25) is 32.5 Å². The maximum atomic E-state index is 13.0. The average molecular weight is 1440 g/mol. The van der Waals surface area contributed by atoms with Crippen molar-refractivity contribution in [1.82, 2.24) is 0 Å². The molecule has 0 radical (unpaired) electrons. The van der Waals surface area contributed by atoms with E-state index in [0.29, 0.717) is 19.3 Å². The predicted octanol–water partition coefficient (Wildman–Crippen LogP) is 23.2. The van der Waals surface area contributed by atoms with Crippen LogP contribution in [-0.2, 0) is 55.8 Å². The van der Waals surface area contributed by atoms with Crippen molar-refractivity contribution in [2.45, 2.75) is 373 Å². The molecule has 0 fully saturated rings. The Labute approximate surface area is 604 Å². The summed E-state index contributed by atoms with van der Waals surface area (Å²) in [6, 6.07) is 0. The maximum Gasteiger partial charge on any atom is 0.472 e. The topological polar surface area (TPSA) is 231 Å². The van der Waals surface area contributed by atoms with Crippen LogP contribution in [0.15, 0.2) is 85.1 Å². The zero-order valence-corrected chi connectivity index (χ0v) is 64.7. The van der Waals surface area contributed by atoms with Crippen LogP contribution in [0, 0.1) is 0 Å². The highest BCUT2D eigenvalue weighted by Crippen LogP contribution is 2.45. The lowest BCUT2D eigenvalue weighted by Gasteiger charge is -2.21. The Balaban J connectivity index is 4.50. The summed E-state index contributed by atoms with van der Waals surface area (Å²) < 4.78 is 61.1. The van der Waals surface area contributed by atoms with Gasteiger partial charge in [0.25, 0.3) is 0 Å². The molecule has 0 aromatic carbocycles. The standard InChI is InChI=1S/C81H146O16P2/c1-4-7-10-13-16-19-22-25-28-30-32-33-34-35-36-37-38-39-40-41-43-45-47-49-52-55-58-61-64-67-79(84)91-70-76(82)71-93-98(87,88)94-72-77(83)73-95-99(89,90)96-75-78(97-81(86)69-66-63-60-57-54-51-46-27-24-21-18-15-12-9-6-3)74-92-80(85)68-65-62-59-56-53-50-48-44-42-31-29-26-23-20-17-14-11-8-5-2/h16-17,19-20,25-26,28-29,32-33,35-36,42,44,76-78,82-83H,4-15,18,21-24,27,30-31,34,37-41,43,45-75H2,1-3H3,(H,87,88)(H,89,90)/b19-16-,20-17-,28-25-,29-26-,33-32-,36-35-,44-42-. The first kappa shape index (κ1) is 95.7. The van der Waals surface area contributed by atoms with Gasteiger partial charge in [0.05, 0.1) is 26.4 Å². The molecule has 5 atom stereocenters. The number of aliphatic hydroxyl groups excluding tert-OH is 2. The second-order valence-corrected chi connectivity index (χ2v) is 29.8. The van der Waals surface area contributed by atoms with E-state index in [0.717, 1.165) is 128 Å². The monoisotopic (exact) mass is 1440 g/mol. The third kappa shape index (κ3) is 75.7. The second kappa shape index (κ2) is 74.4. The molecule has 0 aromatic rings. The Kier molecular flexibility index (Phi) is 72.0. The highest BCUT2D eigenvalue weighted by atomic mass is 31.2. The fourth-order valence-electron chi connectivity index (χ4n) is 11.0. The number of allylic oxidation sites excluding steroid dienone is 14. The van der Waals surface area contributed by atoms with Crippen molar-refractivity contribution in [2.24, 2.45) is 0 Å². The van der Waals surface area contributed by atoms with Crippen LogP contribution in [-0.4, -0.2) is 95.9 Å². The van der Waals surface area contributed by atoms with Gasteiger partial charge in [0.2, 0.25) is 0 Å². The van der Waals surface area contributed by atoms with Crippen LogP contribution in [0.2, 0.25) is 0 Å². The van der Waals surface area contributed by atoms with Gasteiger partial charge < -0.3 is 34.2 Å². The minimum Gasteiger partial charge on any atom is -0.463 e. The zero-order chi connectivity index (χ0) is 72.3. The van der Waals surface area contributed by atoms with E-state index >= 15 is 0 Å². The molecule has 0 heterocycles. The van der Waals surface area contributed by atoms with E-state index in [2.05, 4.69) is 106 Å². The molecule has 0 aliphatic rings. The minimum absolute atomic E-state index is 0.106. The van der Waals surface area contributed by atoms with Crippen molar-refractivity contribution in [3.05, 3.63) is 85.1 Å². The van der Waals surface area contributed by atoms with E-state index in [1.54, 1.807) is 0 Å². The predicted molar refractivity (Wildman–Crippen MR) is 408 cm³/mol. The van der Waals surface area contributed by atoms with Gasteiger partial charge in [0, 0.05) is 19.3 Å². The smallest absolute Gasteiger partial charge is 0.463 e. The molecule has 0 rings (SSSR count). The third-order valence-corrected chi connectivity index (χ3v) is 19.0. The van der Waals surface area contributed by atoms with Gasteiger partial charge in [0.1, 0.15) is 25.4 Å². The van der Waals surface area contributed by atoms with Crippen LogP contribution < -0.4 is 0 Å². The van der Waals surface area contributed by atoms with Crippen LogP contribution in [0.1, 0.15) is 355 Å². The number of esters is 3. The lowest BCUT2D eigenvalue weighted by molar-refractivity contribution is -0.161. The molecule has 0 amide bonds. The van der Waals surface area contributed by atoms with Gasteiger partial charge in [-0.2, -0.15) is 0 Å². The number of phosphoric acid groups is 2.